The van der Waals surface area contributed by atoms with Gasteiger partial charge in [0.15, 0.2) is 11.5 Å². The molecule has 0 radical (unpaired) electrons. The van der Waals surface area contributed by atoms with Crippen LogP contribution in [-0.4, -0.2) is 17.3 Å². The molecule has 1 atom stereocenters. The van der Waals surface area contributed by atoms with Crippen LogP contribution in [0.2, 0.25) is 0 Å². The number of aromatic hydroxyl groups is 2. The van der Waals surface area contributed by atoms with Gasteiger partial charge in [-0.3, -0.25) is 0 Å². The molecule has 0 spiro atoms. The quantitative estimate of drug-likeness (QED) is 0.718. The lowest BCUT2D eigenvalue weighted by Crippen LogP contribution is -2.18. The molecule has 0 aliphatic heterocycles. The van der Waals surface area contributed by atoms with Gasteiger partial charge in [-0.05, 0) is 58.2 Å². The minimum atomic E-state index is -0.106. The Balaban J connectivity index is 2.02. The Morgan fingerprint density at radius 2 is 1.90 bits per heavy atom. The standard InChI is InChI=1S/C16H18BrNO3/c1-10(12-4-6-16(21-2)13(17)8-12)18-9-11-3-5-14(19)15(20)7-11/h3-8,10,18-20H,9H2,1-2H3. The Labute approximate surface area is 132 Å². The summed E-state index contributed by atoms with van der Waals surface area (Å²) in [5, 5.41) is 22.1. The molecule has 0 heterocycles. The highest BCUT2D eigenvalue weighted by atomic mass is 79.9. The molecular formula is C16H18BrNO3. The van der Waals surface area contributed by atoms with Gasteiger partial charge in [-0.1, -0.05) is 12.1 Å². The molecule has 0 amide bonds. The number of halogens is 1. The van der Waals surface area contributed by atoms with E-state index in [0.29, 0.717) is 6.54 Å². The zero-order valence-electron chi connectivity index (χ0n) is 11.9. The highest BCUT2D eigenvalue weighted by Gasteiger charge is 2.09. The molecule has 0 aliphatic carbocycles. The minimum Gasteiger partial charge on any atom is -0.504 e. The van der Waals surface area contributed by atoms with Crippen molar-refractivity contribution in [3.8, 4) is 17.2 Å². The fourth-order valence-corrected chi connectivity index (χ4v) is 2.58. The van der Waals surface area contributed by atoms with E-state index in [0.717, 1.165) is 21.3 Å². The van der Waals surface area contributed by atoms with E-state index in [1.165, 1.54) is 6.07 Å². The second kappa shape index (κ2) is 6.83. The maximum Gasteiger partial charge on any atom is 0.157 e. The van der Waals surface area contributed by atoms with Crippen molar-refractivity contribution in [3.63, 3.8) is 0 Å². The summed E-state index contributed by atoms with van der Waals surface area (Å²) >= 11 is 3.48. The number of phenolic OH excluding ortho intramolecular Hbond substituents is 2. The molecule has 0 saturated carbocycles. The van der Waals surface area contributed by atoms with Crippen LogP contribution >= 0.6 is 15.9 Å². The van der Waals surface area contributed by atoms with Gasteiger partial charge >= 0.3 is 0 Å². The predicted molar refractivity (Wildman–Crippen MR) is 85.7 cm³/mol. The van der Waals surface area contributed by atoms with Crippen molar-refractivity contribution in [3.05, 3.63) is 52.0 Å². The molecule has 0 fully saturated rings. The minimum absolute atomic E-state index is 0.103. The van der Waals surface area contributed by atoms with Crippen LogP contribution in [-0.2, 0) is 6.54 Å². The van der Waals surface area contributed by atoms with E-state index < -0.39 is 0 Å². The van der Waals surface area contributed by atoms with Gasteiger partial charge in [0.25, 0.3) is 0 Å². The summed E-state index contributed by atoms with van der Waals surface area (Å²) in [7, 11) is 1.64. The van der Waals surface area contributed by atoms with Crippen LogP contribution in [0.5, 0.6) is 17.2 Å². The third kappa shape index (κ3) is 3.89. The molecule has 0 saturated heterocycles. The molecule has 21 heavy (non-hydrogen) atoms. The molecule has 0 bridgehead atoms. The first kappa shape index (κ1) is 15.7. The summed E-state index contributed by atoms with van der Waals surface area (Å²) in [4.78, 5) is 0. The smallest absolute Gasteiger partial charge is 0.157 e. The highest BCUT2D eigenvalue weighted by molar-refractivity contribution is 9.10. The van der Waals surface area contributed by atoms with Crippen molar-refractivity contribution >= 4 is 15.9 Å². The molecule has 0 aliphatic rings. The number of benzene rings is 2. The first-order valence-electron chi connectivity index (χ1n) is 6.59. The third-order valence-corrected chi connectivity index (χ3v) is 3.95. The van der Waals surface area contributed by atoms with Crippen LogP contribution < -0.4 is 10.1 Å². The Hall–Kier alpha value is -1.72. The molecule has 2 aromatic carbocycles. The lowest BCUT2D eigenvalue weighted by Gasteiger charge is -2.16. The number of hydrogen-bond donors (Lipinski definition) is 3. The van der Waals surface area contributed by atoms with E-state index in [9.17, 15) is 10.2 Å². The lowest BCUT2D eigenvalue weighted by molar-refractivity contribution is 0.402. The summed E-state index contributed by atoms with van der Waals surface area (Å²) < 4.78 is 6.13. The van der Waals surface area contributed by atoms with Gasteiger partial charge in [-0.15, -0.1) is 0 Å². The molecule has 2 rings (SSSR count). The Morgan fingerprint density at radius 3 is 2.52 bits per heavy atom. The zero-order chi connectivity index (χ0) is 15.4. The van der Waals surface area contributed by atoms with Crippen molar-refractivity contribution in [2.24, 2.45) is 0 Å². The van der Waals surface area contributed by atoms with E-state index in [-0.39, 0.29) is 17.5 Å². The number of ether oxygens (including phenoxy) is 1. The summed E-state index contributed by atoms with van der Waals surface area (Å²) in [6.07, 6.45) is 0. The monoisotopic (exact) mass is 351 g/mol. The number of hydrogen-bond acceptors (Lipinski definition) is 4. The van der Waals surface area contributed by atoms with Crippen molar-refractivity contribution in [2.45, 2.75) is 19.5 Å². The Bertz CT molecular complexity index is 631. The topological polar surface area (TPSA) is 61.7 Å². The maximum absolute atomic E-state index is 9.48. The lowest BCUT2D eigenvalue weighted by atomic mass is 10.1. The average Bonchev–Trinajstić information content (AvgIpc) is 2.48. The fraction of sp³-hybridized carbons (Fsp3) is 0.250. The average molecular weight is 352 g/mol. The van der Waals surface area contributed by atoms with E-state index >= 15 is 0 Å². The normalized spacial score (nSPS) is 12.1. The molecule has 5 heteroatoms. The number of phenols is 2. The van der Waals surface area contributed by atoms with Gasteiger partial charge in [0.2, 0.25) is 0 Å². The second-order valence-corrected chi connectivity index (χ2v) is 5.67. The van der Waals surface area contributed by atoms with E-state index in [1.807, 2.05) is 18.2 Å². The van der Waals surface area contributed by atoms with Crippen LogP contribution in [0.1, 0.15) is 24.1 Å². The van der Waals surface area contributed by atoms with Gasteiger partial charge in [0.1, 0.15) is 5.75 Å². The number of rotatable bonds is 5. The SMILES string of the molecule is COc1ccc(C(C)NCc2ccc(O)c(O)c2)cc1Br. The predicted octanol–water partition coefficient (Wildman–Crippen LogP) is 3.72. The van der Waals surface area contributed by atoms with Crippen LogP contribution in [0.25, 0.3) is 0 Å². The second-order valence-electron chi connectivity index (χ2n) is 4.82. The first-order valence-corrected chi connectivity index (χ1v) is 7.38. The van der Waals surface area contributed by atoms with Crippen molar-refractivity contribution in [1.29, 1.82) is 0 Å². The molecule has 1 unspecified atom stereocenters. The molecule has 4 nitrogen and oxygen atoms in total. The summed E-state index contributed by atoms with van der Waals surface area (Å²) in [6.45, 7) is 2.66. The van der Waals surface area contributed by atoms with E-state index in [1.54, 1.807) is 19.2 Å². The van der Waals surface area contributed by atoms with Crippen LogP contribution in [0, 0.1) is 0 Å². The fourth-order valence-electron chi connectivity index (χ4n) is 2.02. The van der Waals surface area contributed by atoms with E-state index in [4.69, 9.17) is 4.74 Å². The van der Waals surface area contributed by atoms with Crippen LogP contribution in [0.4, 0.5) is 0 Å². The number of methoxy groups -OCH3 is 1. The molecule has 112 valence electrons. The van der Waals surface area contributed by atoms with Gasteiger partial charge in [-0.25, -0.2) is 0 Å². The summed E-state index contributed by atoms with van der Waals surface area (Å²) in [5.74, 6) is 0.592. The van der Waals surface area contributed by atoms with E-state index in [2.05, 4.69) is 28.2 Å². The molecular weight excluding hydrogens is 334 g/mol. The van der Waals surface area contributed by atoms with Gasteiger partial charge < -0.3 is 20.3 Å². The van der Waals surface area contributed by atoms with Crippen molar-refractivity contribution < 1.29 is 14.9 Å². The van der Waals surface area contributed by atoms with Crippen molar-refractivity contribution in [1.82, 2.24) is 5.32 Å². The van der Waals surface area contributed by atoms with Crippen molar-refractivity contribution in [2.75, 3.05) is 7.11 Å². The third-order valence-electron chi connectivity index (χ3n) is 3.33. The largest absolute Gasteiger partial charge is 0.504 e. The molecule has 2 aromatic rings. The first-order chi connectivity index (χ1) is 10.0. The molecule has 3 N–H and O–H groups in total. The zero-order valence-corrected chi connectivity index (χ0v) is 13.5. The summed E-state index contributed by atoms with van der Waals surface area (Å²) in [6, 6.07) is 10.9. The van der Waals surface area contributed by atoms with Gasteiger partial charge in [0, 0.05) is 12.6 Å². The summed E-state index contributed by atoms with van der Waals surface area (Å²) in [5.41, 5.74) is 2.04. The Morgan fingerprint density at radius 1 is 1.14 bits per heavy atom. The van der Waals surface area contributed by atoms with Crippen LogP contribution in [0.15, 0.2) is 40.9 Å². The highest BCUT2D eigenvalue weighted by Crippen LogP contribution is 2.28. The van der Waals surface area contributed by atoms with Gasteiger partial charge in [0.05, 0.1) is 11.6 Å². The maximum atomic E-state index is 9.48. The molecule has 0 aromatic heterocycles. The van der Waals surface area contributed by atoms with Gasteiger partial charge in [-0.2, -0.15) is 0 Å². The van der Waals surface area contributed by atoms with Crippen LogP contribution in [0.3, 0.4) is 0 Å². The number of nitrogens with one attached hydrogen (secondary N) is 1. The Kier molecular flexibility index (Phi) is 5.09.